The van der Waals surface area contributed by atoms with E-state index >= 15 is 0 Å². The highest BCUT2D eigenvalue weighted by Crippen LogP contribution is 2.21. The quantitative estimate of drug-likeness (QED) is 0.774. The summed E-state index contributed by atoms with van der Waals surface area (Å²) in [6.45, 7) is 0.548. The Balaban J connectivity index is 2.04. The monoisotopic (exact) mass is 249 g/mol. The molecule has 0 saturated heterocycles. The smallest absolute Gasteiger partial charge is 0.0944 e. The Kier molecular flexibility index (Phi) is 3.08. The van der Waals surface area contributed by atoms with Crippen molar-refractivity contribution in [2.45, 2.75) is 6.54 Å². The van der Waals surface area contributed by atoms with E-state index in [1.54, 1.807) is 6.20 Å². The van der Waals surface area contributed by atoms with E-state index in [9.17, 15) is 0 Å². The molecule has 0 unspecified atom stereocenters. The summed E-state index contributed by atoms with van der Waals surface area (Å²) in [5, 5.41) is 8.13. The van der Waals surface area contributed by atoms with Crippen LogP contribution >= 0.6 is 0 Å². The molecule has 0 aliphatic heterocycles. The molecule has 0 spiro atoms. The predicted octanol–water partition coefficient (Wildman–Crippen LogP) is 2.19. The highest BCUT2D eigenvalue weighted by Gasteiger charge is 2.08. The molecule has 1 radical (unpaired) electrons. The zero-order chi connectivity index (χ0) is 13.1. The van der Waals surface area contributed by atoms with Crippen LogP contribution in [0, 0.1) is 6.07 Å². The van der Waals surface area contributed by atoms with Crippen LogP contribution in [0.15, 0.2) is 54.7 Å². The van der Waals surface area contributed by atoms with E-state index in [0.29, 0.717) is 6.54 Å². The van der Waals surface area contributed by atoms with Gasteiger partial charge in [0.05, 0.1) is 17.6 Å². The van der Waals surface area contributed by atoms with E-state index in [1.165, 1.54) is 0 Å². The van der Waals surface area contributed by atoms with Gasteiger partial charge in [-0.1, -0.05) is 41.6 Å². The van der Waals surface area contributed by atoms with Crippen molar-refractivity contribution >= 4 is 0 Å². The molecule has 1 aromatic heterocycles. The summed E-state index contributed by atoms with van der Waals surface area (Å²) in [4.78, 5) is 0. The van der Waals surface area contributed by atoms with Crippen LogP contribution in [0.4, 0.5) is 0 Å². The van der Waals surface area contributed by atoms with Crippen molar-refractivity contribution in [1.82, 2.24) is 15.0 Å². The standard InChI is InChI=1S/C15H13N4/c16-10-12-6-8-13(9-7-12)15-11-17-18-19(15)14-4-2-1-3-5-14/h2-9,11H,10,16H2. The molecule has 19 heavy (non-hydrogen) atoms. The molecule has 3 rings (SSSR count). The van der Waals surface area contributed by atoms with Crippen molar-refractivity contribution in [3.05, 3.63) is 66.4 Å². The lowest BCUT2D eigenvalue weighted by molar-refractivity contribution is 0.808. The van der Waals surface area contributed by atoms with E-state index in [2.05, 4.69) is 16.4 Å². The van der Waals surface area contributed by atoms with Crippen molar-refractivity contribution in [3.63, 3.8) is 0 Å². The summed E-state index contributed by atoms with van der Waals surface area (Å²) in [6.07, 6.45) is 1.76. The average molecular weight is 249 g/mol. The molecule has 0 atom stereocenters. The van der Waals surface area contributed by atoms with Gasteiger partial charge in [0.1, 0.15) is 0 Å². The highest BCUT2D eigenvalue weighted by molar-refractivity contribution is 5.61. The lowest BCUT2D eigenvalue weighted by Crippen LogP contribution is -1.99. The summed E-state index contributed by atoms with van der Waals surface area (Å²) in [5.74, 6) is 0. The maximum Gasteiger partial charge on any atom is 0.0944 e. The third kappa shape index (κ3) is 2.26. The number of hydrogen-bond donors (Lipinski definition) is 1. The number of benzene rings is 2. The highest BCUT2D eigenvalue weighted by atomic mass is 15.4. The van der Waals surface area contributed by atoms with Crippen molar-refractivity contribution < 1.29 is 0 Å². The number of nitrogens with two attached hydrogens (primary N) is 1. The van der Waals surface area contributed by atoms with Crippen LogP contribution in [0.25, 0.3) is 16.9 Å². The number of aromatic nitrogens is 3. The van der Waals surface area contributed by atoms with Gasteiger partial charge in [0.2, 0.25) is 0 Å². The van der Waals surface area contributed by atoms with Gasteiger partial charge in [-0.05, 0) is 23.8 Å². The summed E-state index contributed by atoms with van der Waals surface area (Å²) in [6, 6.07) is 18.7. The van der Waals surface area contributed by atoms with Crippen LogP contribution in [-0.4, -0.2) is 15.0 Å². The van der Waals surface area contributed by atoms with E-state index in [0.717, 1.165) is 22.5 Å². The first-order chi connectivity index (χ1) is 9.38. The Bertz CT molecular complexity index is 656. The van der Waals surface area contributed by atoms with Gasteiger partial charge in [0, 0.05) is 12.1 Å². The van der Waals surface area contributed by atoms with Gasteiger partial charge in [0.25, 0.3) is 0 Å². The minimum Gasteiger partial charge on any atom is -0.326 e. The molecule has 93 valence electrons. The SMILES string of the molecule is NCc1ccc(-c2cnnn2-c2cc[c]cc2)cc1. The molecule has 0 aliphatic carbocycles. The summed E-state index contributed by atoms with van der Waals surface area (Å²) < 4.78 is 1.81. The largest absolute Gasteiger partial charge is 0.326 e. The van der Waals surface area contributed by atoms with Crippen molar-refractivity contribution in [2.24, 2.45) is 5.73 Å². The van der Waals surface area contributed by atoms with E-state index < -0.39 is 0 Å². The predicted molar refractivity (Wildman–Crippen MR) is 73.5 cm³/mol. The molecule has 3 aromatic rings. The molecule has 0 aliphatic rings. The minimum atomic E-state index is 0.548. The minimum absolute atomic E-state index is 0.548. The molecule has 4 heteroatoms. The second kappa shape index (κ2) is 5.04. The lowest BCUT2D eigenvalue weighted by Gasteiger charge is -2.06. The molecule has 2 N–H and O–H groups in total. The first-order valence-corrected chi connectivity index (χ1v) is 6.05. The van der Waals surface area contributed by atoms with Gasteiger partial charge in [0.15, 0.2) is 0 Å². The summed E-state index contributed by atoms with van der Waals surface area (Å²) in [5.41, 5.74) is 9.70. The zero-order valence-corrected chi connectivity index (χ0v) is 10.3. The third-order valence-corrected chi connectivity index (χ3v) is 2.98. The van der Waals surface area contributed by atoms with Crippen molar-refractivity contribution in [2.75, 3.05) is 0 Å². The van der Waals surface area contributed by atoms with Gasteiger partial charge in [-0.2, -0.15) is 0 Å². The Labute approximate surface area is 111 Å². The van der Waals surface area contributed by atoms with Gasteiger partial charge in [-0.3, -0.25) is 0 Å². The van der Waals surface area contributed by atoms with Gasteiger partial charge < -0.3 is 5.73 Å². The fourth-order valence-electron chi connectivity index (χ4n) is 1.95. The second-order valence-electron chi connectivity index (χ2n) is 4.19. The molecular formula is C15H13N4. The molecule has 2 aromatic carbocycles. The fourth-order valence-corrected chi connectivity index (χ4v) is 1.95. The lowest BCUT2D eigenvalue weighted by atomic mass is 10.1. The summed E-state index contributed by atoms with van der Waals surface area (Å²) >= 11 is 0. The van der Waals surface area contributed by atoms with Crippen LogP contribution in [0.5, 0.6) is 0 Å². The maximum absolute atomic E-state index is 5.61. The molecular weight excluding hydrogens is 236 g/mol. The van der Waals surface area contributed by atoms with Crippen LogP contribution in [0.1, 0.15) is 5.56 Å². The fraction of sp³-hybridized carbons (Fsp3) is 0.0667. The van der Waals surface area contributed by atoms with E-state index in [1.807, 2.05) is 53.2 Å². The Morgan fingerprint density at radius 2 is 1.79 bits per heavy atom. The van der Waals surface area contributed by atoms with Crippen molar-refractivity contribution in [3.8, 4) is 16.9 Å². The zero-order valence-electron chi connectivity index (χ0n) is 10.3. The Morgan fingerprint density at radius 1 is 1.05 bits per heavy atom. The first-order valence-electron chi connectivity index (χ1n) is 6.05. The third-order valence-electron chi connectivity index (χ3n) is 2.98. The van der Waals surface area contributed by atoms with Gasteiger partial charge in [-0.15, -0.1) is 5.10 Å². The van der Waals surface area contributed by atoms with E-state index in [-0.39, 0.29) is 0 Å². The van der Waals surface area contributed by atoms with E-state index in [4.69, 9.17) is 5.73 Å². The van der Waals surface area contributed by atoms with Crippen LogP contribution in [0.2, 0.25) is 0 Å². The molecule has 0 amide bonds. The van der Waals surface area contributed by atoms with Gasteiger partial charge >= 0.3 is 0 Å². The van der Waals surface area contributed by atoms with Crippen LogP contribution in [0.3, 0.4) is 0 Å². The normalized spacial score (nSPS) is 10.6. The maximum atomic E-state index is 5.61. The summed E-state index contributed by atoms with van der Waals surface area (Å²) in [7, 11) is 0. The second-order valence-corrected chi connectivity index (χ2v) is 4.19. The van der Waals surface area contributed by atoms with Gasteiger partial charge in [-0.25, -0.2) is 4.68 Å². The number of nitrogens with zero attached hydrogens (tertiary/aromatic N) is 3. The first kappa shape index (κ1) is 11.6. The van der Waals surface area contributed by atoms with Crippen molar-refractivity contribution in [1.29, 1.82) is 0 Å². The molecule has 4 nitrogen and oxygen atoms in total. The topological polar surface area (TPSA) is 56.7 Å². The Morgan fingerprint density at radius 3 is 2.47 bits per heavy atom. The average Bonchev–Trinajstić information content (AvgIpc) is 2.98. The molecule has 0 saturated carbocycles. The molecule has 0 fully saturated rings. The number of hydrogen-bond acceptors (Lipinski definition) is 3. The number of rotatable bonds is 3. The Hall–Kier alpha value is -2.46. The molecule has 1 heterocycles. The van der Waals surface area contributed by atoms with Crippen LogP contribution < -0.4 is 5.73 Å². The van der Waals surface area contributed by atoms with Crippen LogP contribution in [-0.2, 0) is 6.54 Å². The molecule has 0 bridgehead atoms.